The van der Waals surface area contributed by atoms with Crippen LogP contribution in [0.2, 0.25) is 0 Å². The van der Waals surface area contributed by atoms with Crippen molar-refractivity contribution in [2.75, 3.05) is 25.6 Å². The molecular weight excluding hydrogens is 234 g/mol. The maximum Gasteiger partial charge on any atom is 0.138 e. The molecule has 1 N–H and O–H groups in total. The van der Waals surface area contributed by atoms with Crippen LogP contribution in [0.1, 0.15) is 19.2 Å². The van der Waals surface area contributed by atoms with Crippen molar-refractivity contribution in [3.05, 3.63) is 17.3 Å². The van der Waals surface area contributed by atoms with Crippen molar-refractivity contribution in [3.63, 3.8) is 0 Å². The first-order chi connectivity index (χ1) is 8.35. The summed E-state index contributed by atoms with van der Waals surface area (Å²) < 4.78 is 5.06. The van der Waals surface area contributed by atoms with Crippen LogP contribution >= 0.6 is 11.3 Å². The molecule has 0 saturated carbocycles. The summed E-state index contributed by atoms with van der Waals surface area (Å²) >= 11 is 1.65. The largest absolute Gasteiger partial charge is 0.384 e. The lowest BCUT2D eigenvalue weighted by atomic mass is 10.3. The van der Waals surface area contributed by atoms with Gasteiger partial charge in [-0.25, -0.2) is 9.97 Å². The van der Waals surface area contributed by atoms with E-state index in [-0.39, 0.29) is 0 Å². The van der Waals surface area contributed by atoms with Gasteiger partial charge >= 0.3 is 0 Å². The quantitative estimate of drug-likeness (QED) is 0.857. The highest BCUT2D eigenvalue weighted by Crippen LogP contribution is 2.25. The van der Waals surface area contributed by atoms with Gasteiger partial charge in [-0.1, -0.05) is 6.92 Å². The Morgan fingerprint density at radius 3 is 3.06 bits per heavy atom. The van der Waals surface area contributed by atoms with Crippen LogP contribution in [0.5, 0.6) is 0 Å². The van der Waals surface area contributed by atoms with Crippen LogP contribution in [-0.2, 0) is 11.2 Å². The zero-order chi connectivity index (χ0) is 12.1. The van der Waals surface area contributed by atoms with Crippen molar-refractivity contribution >= 4 is 27.4 Å². The average molecular weight is 251 g/mol. The minimum absolute atomic E-state index is 0.657. The van der Waals surface area contributed by atoms with Gasteiger partial charge < -0.3 is 10.1 Å². The van der Waals surface area contributed by atoms with Crippen LogP contribution < -0.4 is 5.32 Å². The molecule has 5 heteroatoms. The van der Waals surface area contributed by atoms with E-state index >= 15 is 0 Å². The third-order valence-electron chi connectivity index (χ3n) is 2.44. The van der Waals surface area contributed by atoms with Gasteiger partial charge in [-0.05, 0) is 17.9 Å². The monoisotopic (exact) mass is 251 g/mol. The molecule has 2 rings (SSSR count). The summed E-state index contributed by atoms with van der Waals surface area (Å²) in [5, 5.41) is 6.52. The second-order valence-corrected chi connectivity index (χ2v) is 4.69. The van der Waals surface area contributed by atoms with Crippen molar-refractivity contribution in [1.29, 1.82) is 0 Å². The number of nitrogens with zero attached hydrogens (tertiary/aromatic N) is 2. The van der Waals surface area contributed by atoms with Gasteiger partial charge in [-0.3, -0.25) is 0 Å². The van der Waals surface area contributed by atoms with Crippen LogP contribution in [0.25, 0.3) is 10.2 Å². The summed E-state index contributed by atoms with van der Waals surface area (Å²) in [4.78, 5) is 10.1. The van der Waals surface area contributed by atoms with Gasteiger partial charge in [0.2, 0.25) is 0 Å². The van der Waals surface area contributed by atoms with Gasteiger partial charge in [0.1, 0.15) is 16.5 Å². The maximum atomic E-state index is 5.06. The van der Waals surface area contributed by atoms with Crippen molar-refractivity contribution < 1.29 is 4.74 Å². The summed E-state index contributed by atoms with van der Waals surface area (Å²) in [6.07, 6.45) is 1.84. The Labute approximate surface area is 105 Å². The highest BCUT2D eigenvalue weighted by atomic mass is 32.1. The summed E-state index contributed by atoms with van der Waals surface area (Å²) in [5.74, 6) is 1.80. The number of anilines is 1. The Kier molecular flexibility index (Phi) is 4.28. The van der Waals surface area contributed by atoms with Crippen molar-refractivity contribution in [1.82, 2.24) is 9.97 Å². The van der Waals surface area contributed by atoms with E-state index in [4.69, 9.17) is 4.74 Å². The van der Waals surface area contributed by atoms with E-state index in [1.165, 1.54) is 0 Å². The number of aromatic nitrogens is 2. The minimum Gasteiger partial charge on any atom is -0.384 e. The van der Waals surface area contributed by atoms with E-state index in [1.54, 1.807) is 18.4 Å². The summed E-state index contributed by atoms with van der Waals surface area (Å²) in [6.45, 7) is 3.74. The standard InChI is InChI=1S/C12H17N3OS/c1-3-6-13-11-9-5-8-17-12(9)15-10(14-11)4-7-16-2/h5,8H,3-4,6-7H2,1-2H3,(H,13,14,15). The molecule has 0 aliphatic rings. The maximum absolute atomic E-state index is 5.06. The first-order valence-electron chi connectivity index (χ1n) is 5.82. The Balaban J connectivity index is 2.29. The zero-order valence-corrected chi connectivity index (χ0v) is 11.0. The molecule has 0 bridgehead atoms. The predicted molar refractivity (Wildman–Crippen MR) is 71.8 cm³/mol. The Morgan fingerprint density at radius 2 is 2.29 bits per heavy atom. The Morgan fingerprint density at radius 1 is 1.41 bits per heavy atom. The summed E-state index contributed by atoms with van der Waals surface area (Å²) in [6, 6.07) is 2.07. The normalized spacial score (nSPS) is 10.9. The van der Waals surface area contributed by atoms with Crippen LogP contribution in [0, 0.1) is 0 Å². The van der Waals surface area contributed by atoms with Gasteiger partial charge in [0.25, 0.3) is 0 Å². The van der Waals surface area contributed by atoms with Gasteiger partial charge in [0.05, 0.1) is 12.0 Å². The molecule has 0 fully saturated rings. The lowest BCUT2D eigenvalue weighted by Crippen LogP contribution is -2.07. The van der Waals surface area contributed by atoms with Gasteiger partial charge in [0, 0.05) is 20.1 Å². The molecule has 0 unspecified atom stereocenters. The molecule has 0 amide bonds. The highest BCUT2D eigenvalue weighted by Gasteiger charge is 2.08. The van der Waals surface area contributed by atoms with Gasteiger partial charge in [-0.2, -0.15) is 0 Å². The molecule has 2 aromatic heterocycles. The SMILES string of the molecule is CCCNc1nc(CCOC)nc2sccc12. The van der Waals surface area contributed by atoms with Crippen molar-refractivity contribution in [2.24, 2.45) is 0 Å². The number of nitrogens with one attached hydrogen (secondary N) is 1. The van der Waals surface area contributed by atoms with E-state index in [2.05, 4.69) is 33.7 Å². The average Bonchev–Trinajstić information content (AvgIpc) is 2.81. The molecule has 2 aromatic rings. The second kappa shape index (κ2) is 5.93. The highest BCUT2D eigenvalue weighted by molar-refractivity contribution is 7.16. The first kappa shape index (κ1) is 12.3. The number of rotatable bonds is 6. The first-order valence-corrected chi connectivity index (χ1v) is 6.70. The smallest absolute Gasteiger partial charge is 0.138 e. The molecule has 0 aliphatic heterocycles. The fourth-order valence-electron chi connectivity index (χ4n) is 1.58. The van der Waals surface area contributed by atoms with Gasteiger partial charge in [-0.15, -0.1) is 11.3 Å². The molecule has 0 aromatic carbocycles. The number of fused-ring (bicyclic) bond motifs is 1. The van der Waals surface area contributed by atoms with Crippen LogP contribution in [0.4, 0.5) is 5.82 Å². The molecule has 92 valence electrons. The minimum atomic E-state index is 0.657. The lowest BCUT2D eigenvalue weighted by Gasteiger charge is -2.07. The van der Waals surface area contributed by atoms with E-state index < -0.39 is 0 Å². The molecule has 0 saturated heterocycles. The molecule has 17 heavy (non-hydrogen) atoms. The second-order valence-electron chi connectivity index (χ2n) is 3.80. The third kappa shape index (κ3) is 2.92. The van der Waals surface area contributed by atoms with Crippen molar-refractivity contribution in [3.8, 4) is 0 Å². The molecular formula is C12H17N3OS. The molecule has 0 radical (unpaired) electrons. The predicted octanol–water partition coefficient (Wildman–Crippen LogP) is 2.70. The Bertz CT molecular complexity index is 484. The fourth-order valence-corrected chi connectivity index (χ4v) is 2.37. The molecule has 2 heterocycles. The van der Waals surface area contributed by atoms with E-state index in [1.807, 2.05) is 0 Å². The molecule has 4 nitrogen and oxygen atoms in total. The zero-order valence-electron chi connectivity index (χ0n) is 10.2. The van der Waals surface area contributed by atoms with Crippen LogP contribution in [0.15, 0.2) is 11.4 Å². The number of thiophene rings is 1. The molecule has 0 aliphatic carbocycles. The van der Waals surface area contributed by atoms with E-state index in [0.717, 1.165) is 41.2 Å². The van der Waals surface area contributed by atoms with Gasteiger partial charge in [0.15, 0.2) is 0 Å². The lowest BCUT2D eigenvalue weighted by molar-refractivity contribution is 0.200. The van der Waals surface area contributed by atoms with Crippen molar-refractivity contribution in [2.45, 2.75) is 19.8 Å². The van der Waals surface area contributed by atoms with E-state index in [9.17, 15) is 0 Å². The third-order valence-corrected chi connectivity index (χ3v) is 3.25. The van der Waals surface area contributed by atoms with E-state index in [0.29, 0.717) is 6.61 Å². The fraction of sp³-hybridized carbons (Fsp3) is 0.500. The molecule has 0 spiro atoms. The Hall–Kier alpha value is -1.20. The van der Waals surface area contributed by atoms with Crippen LogP contribution in [-0.4, -0.2) is 30.2 Å². The summed E-state index contributed by atoms with van der Waals surface area (Å²) in [7, 11) is 1.69. The number of hydrogen-bond acceptors (Lipinski definition) is 5. The number of methoxy groups -OCH3 is 1. The topological polar surface area (TPSA) is 47.0 Å². The summed E-state index contributed by atoms with van der Waals surface area (Å²) in [5.41, 5.74) is 0. The number of hydrogen-bond donors (Lipinski definition) is 1. The van der Waals surface area contributed by atoms with Crippen LogP contribution in [0.3, 0.4) is 0 Å². The number of ether oxygens (including phenoxy) is 1. The molecule has 0 atom stereocenters.